The van der Waals surface area contributed by atoms with E-state index in [4.69, 9.17) is 9.84 Å². The van der Waals surface area contributed by atoms with Crippen LogP contribution in [0.1, 0.15) is 10.4 Å². The zero-order valence-corrected chi connectivity index (χ0v) is 12.9. The van der Waals surface area contributed by atoms with Crippen molar-refractivity contribution in [3.05, 3.63) is 23.5 Å². The fourth-order valence-corrected chi connectivity index (χ4v) is 3.86. The Morgan fingerprint density at radius 1 is 1.33 bits per heavy atom. The number of benzene rings is 1. The maximum Gasteiger partial charge on any atom is 0.350 e. The highest BCUT2D eigenvalue weighted by Crippen LogP contribution is 2.31. The molecule has 11 heteroatoms. The number of anilines is 1. The van der Waals surface area contributed by atoms with Crippen LogP contribution in [0.15, 0.2) is 15.9 Å². The van der Waals surface area contributed by atoms with Crippen LogP contribution in [-0.2, 0) is 19.9 Å². The summed E-state index contributed by atoms with van der Waals surface area (Å²) < 4.78 is 58.3. The molecule has 0 saturated carbocycles. The number of nitrogens with one attached hydrogen (secondary N) is 1. The van der Waals surface area contributed by atoms with E-state index in [2.05, 4.69) is 3.77 Å². The Morgan fingerprint density at radius 3 is 2.33 bits per heavy atom. The summed E-state index contributed by atoms with van der Waals surface area (Å²) in [6.07, 6.45) is 2.15. The summed E-state index contributed by atoms with van der Waals surface area (Å²) in [7, 11) is -6.37. The summed E-state index contributed by atoms with van der Waals surface area (Å²) in [4.78, 5) is 10.8. The maximum absolute atomic E-state index is 14.0. The minimum absolute atomic E-state index is 0.241. The van der Waals surface area contributed by atoms with Crippen molar-refractivity contribution in [2.45, 2.75) is 0 Å². The fraction of sp³-hybridized carbons (Fsp3) is 0.300. The summed E-state index contributed by atoms with van der Waals surface area (Å²) in [6.45, 7) is 0. The normalized spacial score (nSPS) is 11.8. The van der Waals surface area contributed by atoms with Crippen LogP contribution in [0.5, 0.6) is 5.75 Å². The highest BCUT2D eigenvalue weighted by atomic mass is 32.3. The van der Waals surface area contributed by atoms with Crippen molar-refractivity contribution in [3.63, 3.8) is 0 Å². The molecular weight excluding hydrogens is 327 g/mol. The van der Waals surface area contributed by atoms with Crippen LogP contribution in [0, 0.1) is 5.82 Å². The van der Waals surface area contributed by atoms with Crippen molar-refractivity contribution in [2.24, 2.45) is 3.77 Å². The molecule has 0 aliphatic carbocycles. The number of carbonyl (C=O) groups is 1. The molecule has 0 unspecified atom stereocenters. The Bertz CT molecular complexity index is 788. The molecule has 0 fully saturated rings. The van der Waals surface area contributed by atoms with Gasteiger partial charge in [0.25, 0.3) is 0 Å². The Labute approximate surface area is 121 Å². The van der Waals surface area contributed by atoms with E-state index in [-0.39, 0.29) is 5.75 Å². The number of nitrogens with zero attached hydrogens (tertiary/aromatic N) is 1. The second-order valence-corrected chi connectivity index (χ2v) is 8.26. The van der Waals surface area contributed by atoms with Gasteiger partial charge in [0, 0.05) is 12.5 Å². The maximum atomic E-state index is 14.0. The van der Waals surface area contributed by atoms with Crippen LogP contribution in [0.4, 0.5) is 10.1 Å². The molecule has 1 aromatic rings. The van der Waals surface area contributed by atoms with Gasteiger partial charge in [0.2, 0.25) is 0 Å². The Kier molecular flexibility index (Phi) is 4.79. The third kappa shape index (κ3) is 4.56. The molecule has 8 nitrogen and oxygen atoms in total. The van der Waals surface area contributed by atoms with Crippen LogP contribution in [0.3, 0.4) is 0 Å². The number of ether oxygens (including phenoxy) is 1. The van der Waals surface area contributed by atoms with Crippen molar-refractivity contribution in [2.75, 3.05) is 24.3 Å². The predicted molar refractivity (Wildman–Crippen MR) is 74.9 cm³/mol. The Hall–Kier alpha value is -1.88. The van der Waals surface area contributed by atoms with Crippen molar-refractivity contribution in [3.8, 4) is 5.75 Å². The molecule has 0 saturated heterocycles. The van der Waals surface area contributed by atoms with Crippen molar-refractivity contribution in [1.82, 2.24) is 0 Å². The standard InChI is InChI=1S/C10H13FN2O6S2/c1-19-7-5-4-6(10(14)15)8(11)9(7)12-21(17,18)13-20(2,3)16/h4-5,12H,1-3H3,(H,14,15). The quantitative estimate of drug-likeness (QED) is 0.822. The minimum Gasteiger partial charge on any atom is -0.494 e. The first-order chi connectivity index (χ1) is 9.47. The van der Waals surface area contributed by atoms with Crippen molar-refractivity contribution < 1.29 is 31.7 Å². The van der Waals surface area contributed by atoms with Crippen LogP contribution < -0.4 is 9.46 Å². The zero-order chi connectivity index (χ0) is 16.4. The molecule has 0 bridgehead atoms. The summed E-state index contributed by atoms with van der Waals surface area (Å²) in [5.74, 6) is -3.16. The van der Waals surface area contributed by atoms with E-state index in [9.17, 15) is 21.8 Å². The average molecular weight is 340 g/mol. The molecule has 0 heterocycles. The van der Waals surface area contributed by atoms with Crippen LogP contribution in [-0.4, -0.2) is 43.3 Å². The molecule has 0 aliphatic heterocycles. The Balaban J connectivity index is 3.47. The predicted octanol–water partition coefficient (Wildman–Crippen LogP) is 0.917. The minimum atomic E-state index is -4.50. The first-order valence-electron chi connectivity index (χ1n) is 5.28. The van der Waals surface area contributed by atoms with Gasteiger partial charge in [0.1, 0.15) is 11.4 Å². The number of halogens is 1. The molecule has 0 aliphatic rings. The summed E-state index contributed by atoms with van der Waals surface area (Å²) in [6, 6.07) is 2.01. The fourth-order valence-electron chi connectivity index (χ4n) is 1.37. The van der Waals surface area contributed by atoms with Crippen molar-refractivity contribution in [1.29, 1.82) is 0 Å². The van der Waals surface area contributed by atoms with E-state index in [1.165, 1.54) is 0 Å². The van der Waals surface area contributed by atoms with E-state index < -0.39 is 43.0 Å². The van der Waals surface area contributed by atoms with Gasteiger partial charge >= 0.3 is 16.2 Å². The molecule has 21 heavy (non-hydrogen) atoms. The summed E-state index contributed by atoms with van der Waals surface area (Å²) in [5, 5.41) is 8.81. The lowest BCUT2D eigenvalue weighted by atomic mass is 10.2. The second-order valence-electron chi connectivity index (χ2n) is 4.14. The van der Waals surface area contributed by atoms with Gasteiger partial charge in [-0.05, 0) is 12.1 Å². The SMILES string of the molecule is COc1ccc(C(=O)O)c(F)c1NS(=O)(=O)N=S(C)(C)=O. The molecular formula is C10H13FN2O6S2. The third-order valence-corrected chi connectivity index (χ3v) is 4.75. The van der Waals surface area contributed by atoms with Gasteiger partial charge < -0.3 is 9.84 Å². The molecule has 1 aromatic carbocycles. The lowest BCUT2D eigenvalue weighted by molar-refractivity contribution is 0.0692. The molecule has 118 valence electrons. The second kappa shape index (κ2) is 5.85. The van der Waals surface area contributed by atoms with Crippen LogP contribution in [0.25, 0.3) is 0 Å². The molecule has 2 N–H and O–H groups in total. The van der Waals surface area contributed by atoms with Crippen LogP contribution in [0.2, 0.25) is 0 Å². The molecule has 0 radical (unpaired) electrons. The molecule has 0 aromatic heterocycles. The lowest BCUT2D eigenvalue weighted by Gasteiger charge is -2.12. The molecule has 0 spiro atoms. The summed E-state index contributed by atoms with van der Waals surface area (Å²) >= 11 is 0. The van der Waals surface area contributed by atoms with Gasteiger partial charge in [0.15, 0.2) is 5.82 Å². The average Bonchev–Trinajstić information content (AvgIpc) is 2.27. The highest BCUT2D eigenvalue weighted by Gasteiger charge is 2.22. The van der Waals surface area contributed by atoms with Gasteiger partial charge in [-0.2, -0.15) is 8.42 Å². The highest BCUT2D eigenvalue weighted by molar-refractivity contribution is 8.03. The number of carboxylic acids is 1. The number of aromatic carboxylic acids is 1. The van der Waals surface area contributed by atoms with Crippen LogP contribution >= 0.6 is 0 Å². The summed E-state index contributed by atoms with van der Waals surface area (Å²) in [5.41, 5.74) is -1.47. The van der Waals surface area contributed by atoms with Crippen molar-refractivity contribution >= 4 is 31.6 Å². The first kappa shape index (κ1) is 17.2. The molecule has 0 atom stereocenters. The zero-order valence-electron chi connectivity index (χ0n) is 11.3. The number of hydrogen-bond acceptors (Lipinski definition) is 5. The number of methoxy groups -OCH3 is 1. The number of carboxylic acid groups (broad SMARTS) is 1. The van der Waals surface area contributed by atoms with Gasteiger partial charge in [-0.1, -0.05) is 3.77 Å². The van der Waals surface area contributed by atoms with Gasteiger partial charge in [-0.3, -0.25) is 4.72 Å². The topological polar surface area (TPSA) is 122 Å². The monoisotopic (exact) mass is 340 g/mol. The number of hydrogen-bond donors (Lipinski definition) is 2. The van der Waals surface area contributed by atoms with Gasteiger partial charge in [-0.15, -0.1) is 0 Å². The smallest absolute Gasteiger partial charge is 0.350 e. The van der Waals surface area contributed by atoms with Gasteiger partial charge in [-0.25, -0.2) is 13.4 Å². The van der Waals surface area contributed by atoms with E-state index in [0.717, 1.165) is 31.8 Å². The number of rotatable bonds is 5. The van der Waals surface area contributed by atoms with E-state index in [1.807, 2.05) is 0 Å². The largest absolute Gasteiger partial charge is 0.494 e. The van der Waals surface area contributed by atoms with E-state index in [1.54, 1.807) is 4.72 Å². The third-order valence-electron chi connectivity index (χ3n) is 2.06. The van der Waals surface area contributed by atoms with E-state index in [0.29, 0.717) is 0 Å². The Morgan fingerprint density at radius 2 is 1.90 bits per heavy atom. The lowest BCUT2D eigenvalue weighted by Crippen LogP contribution is -2.15. The van der Waals surface area contributed by atoms with E-state index >= 15 is 0 Å². The van der Waals surface area contributed by atoms with Gasteiger partial charge in [0.05, 0.1) is 22.4 Å². The first-order valence-corrected chi connectivity index (χ1v) is 9.05. The molecule has 0 amide bonds. The molecule has 1 rings (SSSR count).